The first-order valence-electron chi connectivity index (χ1n) is 9.28. The van der Waals surface area contributed by atoms with Gasteiger partial charge in [0.25, 0.3) is 5.91 Å². The third kappa shape index (κ3) is 5.60. The number of nitrogens with one attached hydrogen (secondary N) is 1. The maximum Gasteiger partial charge on any atom is 0.251 e. The van der Waals surface area contributed by atoms with Crippen molar-refractivity contribution >= 4 is 41.1 Å². The summed E-state index contributed by atoms with van der Waals surface area (Å²) in [5, 5.41) is 3.93. The normalized spacial score (nSPS) is 13.5. The molecule has 0 atom stereocenters. The number of amides is 2. The van der Waals surface area contributed by atoms with Crippen LogP contribution in [0, 0.1) is 0 Å². The molecule has 3 rings (SSSR count). The maximum atomic E-state index is 12.5. The molecule has 2 aromatic rings. The van der Waals surface area contributed by atoms with E-state index in [-0.39, 0.29) is 11.8 Å². The van der Waals surface area contributed by atoms with E-state index in [1.165, 1.54) is 0 Å². The van der Waals surface area contributed by atoms with Gasteiger partial charge in [0.05, 0.1) is 10.0 Å². The maximum absolute atomic E-state index is 12.5. The lowest BCUT2D eigenvalue weighted by molar-refractivity contribution is -0.126. The minimum atomic E-state index is -0.0934. The van der Waals surface area contributed by atoms with Gasteiger partial charge in [0.1, 0.15) is 0 Å². The van der Waals surface area contributed by atoms with Crippen molar-refractivity contribution < 1.29 is 9.59 Å². The van der Waals surface area contributed by atoms with Crippen LogP contribution in [-0.4, -0.2) is 29.3 Å². The third-order valence-electron chi connectivity index (χ3n) is 4.55. The molecule has 0 heterocycles. The molecule has 146 valence electrons. The zero-order valence-electron chi connectivity index (χ0n) is 15.6. The van der Waals surface area contributed by atoms with E-state index in [0.717, 1.165) is 24.0 Å². The van der Waals surface area contributed by atoms with Crippen LogP contribution in [0.1, 0.15) is 41.3 Å². The lowest BCUT2D eigenvalue weighted by Crippen LogP contribution is -2.28. The van der Waals surface area contributed by atoms with E-state index in [0.29, 0.717) is 34.7 Å². The molecule has 1 saturated carbocycles. The molecule has 1 aliphatic rings. The van der Waals surface area contributed by atoms with E-state index in [1.54, 1.807) is 41.3 Å². The van der Waals surface area contributed by atoms with Gasteiger partial charge in [-0.2, -0.15) is 0 Å². The Morgan fingerprint density at radius 3 is 2.43 bits per heavy atom. The Morgan fingerprint density at radius 1 is 1.11 bits per heavy atom. The quantitative estimate of drug-likeness (QED) is 0.649. The Balaban J connectivity index is 1.60. The number of benzene rings is 2. The van der Waals surface area contributed by atoms with Gasteiger partial charge >= 0.3 is 0 Å². The minimum Gasteiger partial charge on any atom is -0.349 e. The van der Waals surface area contributed by atoms with E-state index in [2.05, 4.69) is 5.32 Å². The topological polar surface area (TPSA) is 49.4 Å². The SMILES string of the molecule is CCN(Cc1ccc(Cl)c(Cl)c1)C(=O)C=Cc1ccc(C(=O)NC2CC2)cc1. The lowest BCUT2D eigenvalue weighted by atomic mass is 10.1. The van der Waals surface area contributed by atoms with Gasteiger partial charge in [0, 0.05) is 30.8 Å². The van der Waals surface area contributed by atoms with Crippen molar-refractivity contribution in [3.8, 4) is 0 Å². The highest BCUT2D eigenvalue weighted by molar-refractivity contribution is 6.42. The second-order valence-electron chi connectivity index (χ2n) is 6.80. The largest absolute Gasteiger partial charge is 0.349 e. The van der Waals surface area contributed by atoms with Crippen LogP contribution in [0.15, 0.2) is 48.5 Å². The molecular weight excluding hydrogens is 395 g/mol. The molecule has 0 aromatic heterocycles. The number of hydrogen-bond acceptors (Lipinski definition) is 2. The van der Waals surface area contributed by atoms with Crippen molar-refractivity contribution in [2.24, 2.45) is 0 Å². The Hall–Kier alpha value is -2.30. The summed E-state index contributed by atoms with van der Waals surface area (Å²) >= 11 is 12.0. The van der Waals surface area contributed by atoms with E-state index in [9.17, 15) is 9.59 Å². The second kappa shape index (κ2) is 9.26. The summed E-state index contributed by atoms with van der Waals surface area (Å²) in [7, 11) is 0. The van der Waals surface area contributed by atoms with Crippen LogP contribution < -0.4 is 5.32 Å². The molecule has 2 amide bonds. The predicted octanol–water partition coefficient (Wildman–Crippen LogP) is 4.95. The first-order chi connectivity index (χ1) is 13.5. The Morgan fingerprint density at radius 2 is 1.82 bits per heavy atom. The van der Waals surface area contributed by atoms with Crippen molar-refractivity contribution in [3.63, 3.8) is 0 Å². The van der Waals surface area contributed by atoms with Gasteiger partial charge in [-0.3, -0.25) is 9.59 Å². The van der Waals surface area contributed by atoms with Crippen molar-refractivity contribution in [1.82, 2.24) is 10.2 Å². The van der Waals surface area contributed by atoms with Gasteiger partial charge < -0.3 is 10.2 Å². The molecular formula is C22H22Cl2N2O2. The Kier molecular flexibility index (Phi) is 6.76. The van der Waals surface area contributed by atoms with Gasteiger partial charge in [-0.05, 0) is 61.2 Å². The van der Waals surface area contributed by atoms with Gasteiger partial charge in [0.2, 0.25) is 5.91 Å². The highest BCUT2D eigenvalue weighted by atomic mass is 35.5. The molecule has 1 N–H and O–H groups in total. The molecule has 4 nitrogen and oxygen atoms in total. The average molecular weight is 417 g/mol. The standard InChI is InChI=1S/C22H22Cl2N2O2/c1-2-26(14-16-5-11-19(23)20(24)13-16)21(27)12-6-15-3-7-17(8-4-15)22(28)25-18-9-10-18/h3-8,11-13,18H,2,9-10,14H2,1H3,(H,25,28). The number of carbonyl (C=O) groups excluding carboxylic acids is 2. The highest BCUT2D eigenvalue weighted by Crippen LogP contribution is 2.23. The molecule has 0 aliphatic heterocycles. The summed E-state index contributed by atoms with van der Waals surface area (Å²) in [4.78, 5) is 26.3. The fourth-order valence-electron chi connectivity index (χ4n) is 2.72. The van der Waals surface area contributed by atoms with E-state index < -0.39 is 0 Å². The first-order valence-corrected chi connectivity index (χ1v) is 10.0. The smallest absolute Gasteiger partial charge is 0.251 e. The Labute approximate surface area is 175 Å². The minimum absolute atomic E-state index is 0.0483. The lowest BCUT2D eigenvalue weighted by Gasteiger charge is -2.19. The van der Waals surface area contributed by atoms with Crippen LogP contribution in [-0.2, 0) is 11.3 Å². The Bertz CT molecular complexity index is 890. The van der Waals surface area contributed by atoms with Crippen LogP contribution in [0.5, 0.6) is 0 Å². The monoisotopic (exact) mass is 416 g/mol. The van der Waals surface area contributed by atoms with Gasteiger partial charge in [0.15, 0.2) is 0 Å². The van der Waals surface area contributed by atoms with Crippen LogP contribution in [0.3, 0.4) is 0 Å². The van der Waals surface area contributed by atoms with Crippen LogP contribution in [0.25, 0.3) is 6.08 Å². The van der Waals surface area contributed by atoms with Crippen molar-refractivity contribution in [3.05, 3.63) is 75.3 Å². The predicted molar refractivity (Wildman–Crippen MR) is 114 cm³/mol. The fourth-order valence-corrected chi connectivity index (χ4v) is 3.04. The van der Waals surface area contributed by atoms with Gasteiger partial charge in [-0.15, -0.1) is 0 Å². The summed E-state index contributed by atoms with van der Waals surface area (Å²) in [6.45, 7) is 2.96. The van der Waals surface area contributed by atoms with Crippen molar-refractivity contribution in [1.29, 1.82) is 0 Å². The second-order valence-corrected chi connectivity index (χ2v) is 7.62. The number of hydrogen-bond donors (Lipinski definition) is 1. The van der Waals surface area contributed by atoms with Crippen molar-refractivity contribution in [2.75, 3.05) is 6.54 Å². The summed E-state index contributed by atoms with van der Waals surface area (Å²) < 4.78 is 0. The number of likely N-dealkylation sites (N-methyl/N-ethyl adjacent to an activating group) is 1. The zero-order chi connectivity index (χ0) is 20.1. The van der Waals surface area contributed by atoms with Gasteiger partial charge in [-0.25, -0.2) is 0 Å². The molecule has 1 aliphatic carbocycles. The first kappa shape index (κ1) is 20.4. The van der Waals surface area contributed by atoms with Crippen molar-refractivity contribution in [2.45, 2.75) is 32.4 Å². The molecule has 0 unspecified atom stereocenters. The van der Waals surface area contributed by atoms with Gasteiger partial charge in [-0.1, -0.05) is 41.4 Å². The summed E-state index contributed by atoms with van der Waals surface area (Å²) in [6, 6.07) is 12.9. The fraction of sp³-hybridized carbons (Fsp3) is 0.273. The molecule has 1 fully saturated rings. The molecule has 0 radical (unpaired) electrons. The van der Waals surface area contributed by atoms with Crippen LogP contribution in [0.2, 0.25) is 10.0 Å². The zero-order valence-corrected chi connectivity index (χ0v) is 17.1. The van der Waals surface area contributed by atoms with Crippen LogP contribution >= 0.6 is 23.2 Å². The summed E-state index contributed by atoms with van der Waals surface area (Å²) in [6.07, 6.45) is 5.42. The molecule has 0 spiro atoms. The highest BCUT2D eigenvalue weighted by Gasteiger charge is 2.23. The molecule has 2 aromatic carbocycles. The molecule has 0 saturated heterocycles. The van der Waals surface area contributed by atoms with E-state index in [1.807, 2.05) is 25.1 Å². The molecule has 28 heavy (non-hydrogen) atoms. The summed E-state index contributed by atoms with van der Waals surface area (Å²) in [5.74, 6) is -0.142. The average Bonchev–Trinajstić information content (AvgIpc) is 3.51. The number of halogens is 2. The molecule has 6 heteroatoms. The van der Waals surface area contributed by atoms with E-state index >= 15 is 0 Å². The number of carbonyl (C=O) groups is 2. The number of nitrogens with zero attached hydrogens (tertiary/aromatic N) is 1. The summed E-state index contributed by atoms with van der Waals surface area (Å²) in [5.41, 5.74) is 2.41. The number of rotatable bonds is 7. The van der Waals surface area contributed by atoms with E-state index in [4.69, 9.17) is 23.2 Å². The van der Waals surface area contributed by atoms with Crippen LogP contribution in [0.4, 0.5) is 0 Å². The molecule has 0 bridgehead atoms. The third-order valence-corrected chi connectivity index (χ3v) is 5.29.